The summed E-state index contributed by atoms with van der Waals surface area (Å²) >= 11 is 7.01. The van der Waals surface area contributed by atoms with E-state index in [1.807, 2.05) is 61.2 Å². The summed E-state index contributed by atoms with van der Waals surface area (Å²) in [7, 11) is 0. The number of hydrogen-bond donors (Lipinski definition) is 0. The first kappa shape index (κ1) is 49.5. The number of nitrogens with zero attached hydrogens (tertiary/aromatic N) is 3. The summed E-state index contributed by atoms with van der Waals surface area (Å²) in [5.74, 6) is 1.18. The first-order chi connectivity index (χ1) is 30.7. The van der Waals surface area contributed by atoms with Crippen LogP contribution >= 0.6 is 31.9 Å². The fourth-order valence-electron chi connectivity index (χ4n) is 7.11. The largest absolute Gasteiger partial charge is 0.265 e. The van der Waals surface area contributed by atoms with E-state index in [4.69, 9.17) is 0 Å². The van der Waals surface area contributed by atoms with Gasteiger partial charge >= 0.3 is 0 Å². The standard InChI is InChI=1S/C33H34N2.C19H22Br2.C7H7N/c1-33(2,3)32(24-30-12-8-26(9-13-30)4-6-28-16-20-34-21-17-28)25-31-14-10-27(11-15-31)5-7-29-18-22-35-23-19-29;1-19(2,3)16(12-14-4-8-17(20)9-5-14)13-15-6-10-18(21)11-7-15;1-2-7-3-5-8-6-4-7/h4-23,32H,24-25H2,1-3H3;4-11,16H,12-13H2,1-3H3;2-6H,1H2/b6-4+,7-5+;;. The molecule has 0 fully saturated rings. The fraction of sp³-hybridized carbons (Fsp3) is 0.237. The first-order valence-electron chi connectivity index (χ1n) is 22.1. The van der Waals surface area contributed by atoms with Gasteiger partial charge in [0.25, 0.3) is 0 Å². The summed E-state index contributed by atoms with van der Waals surface area (Å²) < 4.78 is 2.29. The molecular formula is C59H63Br2N3. The molecule has 0 aliphatic heterocycles. The van der Waals surface area contributed by atoms with Crippen LogP contribution in [-0.2, 0) is 25.7 Å². The number of halogens is 2. The van der Waals surface area contributed by atoms with Crippen LogP contribution in [0.1, 0.15) is 91.6 Å². The average Bonchev–Trinajstić information content (AvgIpc) is 3.30. The molecule has 0 saturated carbocycles. The van der Waals surface area contributed by atoms with Crippen molar-refractivity contribution in [3.05, 3.63) is 236 Å². The SMILES string of the molecule is C=Cc1ccncc1.CC(C)(C)C(Cc1ccc(/C=C/c2ccncc2)cc1)Cc1ccc(/C=C/c2ccncc2)cc1.CC(C)(C)C(Cc1ccc(Br)cc1)Cc1ccc(Br)cc1. The third kappa shape index (κ3) is 17.9. The van der Waals surface area contributed by atoms with Crippen LogP contribution in [0.4, 0.5) is 0 Å². The molecule has 0 aliphatic carbocycles. The molecule has 0 N–H and O–H groups in total. The summed E-state index contributed by atoms with van der Waals surface area (Å²) in [6.07, 6.45) is 25.5. The molecule has 0 radical (unpaired) electrons. The molecule has 3 heterocycles. The highest BCUT2D eigenvalue weighted by molar-refractivity contribution is 9.10. The molecule has 0 unspecified atom stereocenters. The van der Waals surface area contributed by atoms with E-state index in [0.717, 1.165) is 51.3 Å². The van der Waals surface area contributed by atoms with E-state index < -0.39 is 0 Å². The average molecular weight is 974 g/mol. The molecule has 3 nitrogen and oxygen atoms in total. The molecule has 0 amide bonds. The second kappa shape index (κ2) is 25.1. The van der Waals surface area contributed by atoms with Crippen LogP contribution in [0, 0.1) is 22.7 Å². The van der Waals surface area contributed by atoms with Gasteiger partial charge in [0.15, 0.2) is 0 Å². The summed E-state index contributed by atoms with van der Waals surface area (Å²) in [5.41, 5.74) is 12.0. The lowest BCUT2D eigenvalue weighted by atomic mass is 9.74. The molecule has 0 atom stereocenters. The topological polar surface area (TPSA) is 38.7 Å². The first-order valence-corrected chi connectivity index (χ1v) is 23.7. The maximum atomic E-state index is 4.07. The number of benzene rings is 4. The van der Waals surface area contributed by atoms with Crippen molar-refractivity contribution in [3.63, 3.8) is 0 Å². The third-order valence-electron chi connectivity index (χ3n) is 11.5. The van der Waals surface area contributed by atoms with E-state index in [0.29, 0.717) is 17.3 Å². The van der Waals surface area contributed by atoms with Gasteiger partial charge < -0.3 is 0 Å². The zero-order valence-corrected chi connectivity index (χ0v) is 41.5. The van der Waals surface area contributed by atoms with E-state index in [-0.39, 0.29) is 5.41 Å². The van der Waals surface area contributed by atoms with Gasteiger partial charge in [0, 0.05) is 46.1 Å². The summed E-state index contributed by atoms with van der Waals surface area (Å²) in [5, 5.41) is 0. The normalized spacial score (nSPS) is 11.6. The van der Waals surface area contributed by atoms with E-state index in [1.54, 1.807) is 18.5 Å². The molecule has 64 heavy (non-hydrogen) atoms. The van der Waals surface area contributed by atoms with Crippen molar-refractivity contribution in [3.8, 4) is 0 Å². The summed E-state index contributed by atoms with van der Waals surface area (Å²) in [4.78, 5) is 12.0. The highest BCUT2D eigenvalue weighted by atomic mass is 79.9. The molecule has 0 spiro atoms. The molecule has 0 aliphatic rings. The van der Waals surface area contributed by atoms with Gasteiger partial charge in [-0.05, 0) is 159 Å². The summed E-state index contributed by atoms with van der Waals surface area (Å²) in [6.45, 7) is 17.7. The number of rotatable bonds is 13. The van der Waals surface area contributed by atoms with E-state index in [2.05, 4.69) is 216 Å². The second-order valence-corrected chi connectivity index (χ2v) is 20.2. The van der Waals surface area contributed by atoms with Crippen molar-refractivity contribution in [1.29, 1.82) is 0 Å². The van der Waals surface area contributed by atoms with Crippen LogP contribution in [0.2, 0.25) is 0 Å². The molecule has 3 aromatic heterocycles. The molecule has 328 valence electrons. The molecule has 5 heteroatoms. The van der Waals surface area contributed by atoms with Gasteiger partial charge in [0.2, 0.25) is 0 Å². The van der Waals surface area contributed by atoms with E-state index in [1.165, 1.54) is 33.4 Å². The van der Waals surface area contributed by atoms with Crippen molar-refractivity contribution in [2.45, 2.75) is 67.2 Å². The Balaban J connectivity index is 0.000000223. The van der Waals surface area contributed by atoms with Crippen molar-refractivity contribution in [2.24, 2.45) is 22.7 Å². The lowest BCUT2D eigenvalue weighted by Crippen LogP contribution is -2.25. The van der Waals surface area contributed by atoms with Gasteiger partial charge in [-0.3, -0.25) is 15.0 Å². The van der Waals surface area contributed by atoms with Crippen LogP contribution < -0.4 is 0 Å². The Bertz CT molecular complexity index is 2310. The van der Waals surface area contributed by atoms with Gasteiger partial charge in [-0.1, -0.05) is 183 Å². The van der Waals surface area contributed by atoms with Gasteiger partial charge in [-0.2, -0.15) is 0 Å². The van der Waals surface area contributed by atoms with Gasteiger partial charge in [-0.15, -0.1) is 0 Å². The molecule has 4 aromatic carbocycles. The Hall–Kier alpha value is -5.49. The van der Waals surface area contributed by atoms with Crippen LogP contribution in [0.25, 0.3) is 30.4 Å². The van der Waals surface area contributed by atoms with Crippen LogP contribution in [0.3, 0.4) is 0 Å². The quantitative estimate of drug-likeness (QED) is 0.116. The van der Waals surface area contributed by atoms with E-state index >= 15 is 0 Å². The maximum absolute atomic E-state index is 4.07. The predicted molar refractivity (Wildman–Crippen MR) is 283 cm³/mol. The zero-order valence-electron chi connectivity index (χ0n) is 38.3. The lowest BCUT2D eigenvalue weighted by Gasteiger charge is -2.31. The maximum Gasteiger partial charge on any atom is 0.0273 e. The van der Waals surface area contributed by atoms with Crippen LogP contribution in [0.15, 0.2) is 186 Å². The molecule has 0 bridgehead atoms. The monoisotopic (exact) mass is 971 g/mol. The third-order valence-corrected chi connectivity index (χ3v) is 12.5. The fourth-order valence-corrected chi connectivity index (χ4v) is 7.64. The van der Waals surface area contributed by atoms with Crippen molar-refractivity contribution in [2.75, 3.05) is 0 Å². The second-order valence-electron chi connectivity index (χ2n) is 18.4. The Kier molecular flexibility index (Phi) is 19.4. The number of pyridine rings is 3. The van der Waals surface area contributed by atoms with Gasteiger partial charge in [-0.25, -0.2) is 0 Å². The Labute approximate surface area is 400 Å². The number of hydrogen-bond acceptors (Lipinski definition) is 3. The Morgan fingerprint density at radius 1 is 0.375 bits per heavy atom. The van der Waals surface area contributed by atoms with Crippen LogP contribution in [0.5, 0.6) is 0 Å². The minimum absolute atomic E-state index is 0.222. The van der Waals surface area contributed by atoms with Crippen molar-refractivity contribution < 1.29 is 0 Å². The number of aromatic nitrogens is 3. The minimum atomic E-state index is 0.222. The minimum Gasteiger partial charge on any atom is -0.265 e. The van der Waals surface area contributed by atoms with Crippen molar-refractivity contribution >= 4 is 62.2 Å². The zero-order chi connectivity index (χ0) is 45.8. The molecule has 7 rings (SSSR count). The van der Waals surface area contributed by atoms with Gasteiger partial charge in [0.1, 0.15) is 0 Å². The van der Waals surface area contributed by atoms with Crippen molar-refractivity contribution in [1.82, 2.24) is 15.0 Å². The molecular weight excluding hydrogens is 910 g/mol. The smallest absolute Gasteiger partial charge is 0.0273 e. The van der Waals surface area contributed by atoms with Crippen LogP contribution in [-0.4, -0.2) is 15.0 Å². The summed E-state index contributed by atoms with van der Waals surface area (Å²) in [6, 6.07) is 47.3. The molecule has 0 saturated heterocycles. The Morgan fingerprint density at radius 2 is 0.609 bits per heavy atom. The highest BCUT2D eigenvalue weighted by Gasteiger charge is 2.26. The lowest BCUT2D eigenvalue weighted by molar-refractivity contribution is 0.237. The highest BCUT2D eigenvalue weighted by Crippen LogP contribution is 2.34. The molecule has 7 aromatic rings. The Morgan fingerprint density at radius 3 is 0.844 bits per heavy atom. The van der Waals surface area contributed by atoms with E-state index in [9.17, 15) is 0 Å². The van der Waals surface area contributed by atoms with Gasteiger partial charge in [0.05, 0.1) is 0 Å². The predicted octanol–water partition coefficient (Wildman–Crippen LogP) is 16.6.